The van der Waals surface area contributed by atoms with E-state index in [2.05, 4.69) is 20.8 Å². The second-order valence-corrected chi connectivity index (χ2v) is 11.4. The molecule has 4 fully saturated rings. The van der Waals surface area contributed by atoms with E-state index < -0.39 is 0 Å². The topological polar surface area (TPSA) is 63.6 Å². The van der Waals surface area contributed by atoms with Crippen LogP contribution < -0.4 is 0 Å². The highest BCUT2D eigenvalue weighted by molar-refractivity contribution is 5.79. The maximum Gasteiger partial charge on any atom is 0.305 e. The Balaban J connectivity index is 1.53. The first kappa shape index (κ1) is 21.3. The second kappa shape index (κ2) is 7.66. The van der Waals surface area contributed by atoms with E-state index in [1.165, 1.54) is 32.8 Å². The minimum atomic E-state index is -0.252. The van der Waals surface area contributed by atoms with Gasteiger partial charge < -0.3 is 9.84 Å². The van der Waals surface area contributed by atoms with Gasteiger partial charge in [0, 0.05) is 19.3 Å². The molecule has 9 atom stereocenters. The fraction of sp³-hybridized carbons (Fsp3) is 0.920. The molecule has 0 bridgehead atoms. The van der Waals surface area contributed by atoms with Gasteiger partial charge in [-0.05, 0) is 91.3 Å². The first-order chi connectivity index (χ1) is 13.7. The molecule has 0 radical (unpaired) electrons. The summed E-state index contributed by atoms with van der Waals surface area (Å²) in [5.41, 5.74) is 0.499. The van der Waals surface area contributed by atoms with Crippen LogP contribution in [0.5, 0.6) is 0 Å². The van der Waals surface area contributed by atoms with E-state index in [1.54, 1.807) is 0 Å². The molecule has 164 valence electrons. The molecule has 4 saturated carbocycles. The molecule has 0 aliphatic heterocycles. The van der Waals surface area contributed by atoms with Crippen molar-refractivity contribution in [3.63, 3.8) is 0 Å². The van der Waals surface area contributed by atoms with Crippen LogP contribution in [0.2, 0.25) is 0 Å². The van der Waals surface area contributed by atoms with Crippen molar-refractivity contribution >= 4 is 11.8 Å². The van der Waals surface area contributed by atoms with Crippen molar-refractivity contribution in [3.8, 4) is 0 Å². The highest BCUT2D eigenvalue weighted by atomic mass is 16.5. The smallest absolute Gasteiger partial charge is 0.305 e. The Bertz CT molecular complexity index is 659. The van der Waals surface area contributed by atoms with Crippen LogP contribution in [0.15, 0.2) is 0 Å². The molecule has 4 aliphatic rings. The largest absolute Gasteiger partial charge is 0.469 e. The van der Waals surface area contributed by atoms with Crippen molar-refractivity contribution in [1.29, 1.82) is 0 Å². The quantitative estimate of drug-likeness (QED) is 0.685. The van der Waals surface area contributed by atoms with Crippen molar-refractivity contribution in [2.45, 2.75) is 91.1 Å². The van der Waals surface area contributed by atoms with Crippen LogP contribution in [0.25, 0.3) is 0 Å². The molecule has 0 amide bonds. The van der Waals surface area contributed by atoms with Gasteiger partial charge in [0.05, 0.1) is 13.2 Å². The maximum absolute atomic E-state index is 12.1. The Labute approximate surface area is 176 Å². The Hall–Kier alpha value is -0.900. The highest BCUT2D eigenvalue weighted by Crippen LogP contribution is 2.68. The zero-order valence-corrected chi connectivity index (χ0v) is 18.8. The highest BCUT2D eigenvalue weighted by Gasteiger charge is 2.62. The van der Waals surface area contributed by atoms with Crippen LogP contribution in [0.1, 0.15) is 85.0 Å². The number of carbonyl (C=O) groups excluding carboxylic acids is 2. The minimum absolute atomic E-state index is 0.103. The van der Waals surface area contributed by atoms with Gasteiger partial charge in [-0.15, -0.1) is 0 Å². The van der Waals surface area contributed by atoms with Gasteiger partial charge in [-0.25, -0.2) is 0 Å². The molecule has 4 aliphatic carbocycles. The monoisotopic (exact) mass is 404 g/mol. The number of rotatable bonds is 4. The van der Waals surface area contributed by atoms with Gasteiger partial charge in [0.1, 0.15) is 5.78 Å². The third kappa shape index (κ3) is 3.38. The summed E-state index contributed by atoms with van der Waals surface area (Å²) in [4.78, 5) is 23.7. The number of ketones is 1. The molecular weight excluding hydrogens is 364 g/mol. The van der Waals surface area contributed by atoms with Crippen molar-refractivity contribution in [1.82, 2.24) is 0 Å². The van der Waals surface area contributed by atoms with E-state index in [0.717, 1.165) is 25.7 Å². The number of esters is 1. The van der Waals surface area contributed by atoms with E-state index in [4.69, 9.17) is 4.74 Å². The van der Waals surface area contributed by atoms with Crippen molar-refractivity contribution in [2.75, 3.05) is 7.11 Å². The molecule has 0 aromatic heterocycles. The van der Waals surface area contributed by atoms with Gasteiger partial charge in [0.15, 0.2) is 0 Å². The van der Waals surface area contributed by atoms with Crippen molar-refractivity contribution in [2.24, 2.45) is 46.3 Å². The Morgan fingerprint density at radius 1 is 1.17 bits per heavy atom. The average molecular weight is 405 g/mol. The zero-order chi connectivity index (χ0) is 21.0. The summed E-state index contributed by atoms with van der Waals surface area (Å²) in [6.45, 7) is 7.22. The average Bonchev–Trinajstić information content (AvgIpc) is 3.04. The summed E-state index contributed by atoms with van der Waals surface area (Å²) in [6, 6.07) is 0. The number of methoxy groups -OCH3 is 1. The molecule has 0 unspecified atom stereocenters. The van der Waals surface area contributed by atoms with Crippen LogP contribution in [0, 0.1) is 46.3 Å². The third-order valence-electron chi connectivity index (χ3n) is 10.3. The Morgan fingerprint density at radius 2 is 1.90 bits per heavy atom. The summed E-state index contributed by atoms with van der Waals surface area (Å²) in [5.74, 6) is 3.35. The van der Waals surface area contributed by atoms with Gasteiger partial charge in [-0.3, -0.25) is 9.59 Å². The van der Waals surface area contributed by atoms with Crippen molar-refractivity contribution < 1.29 is 19.4 Å². The molecule has 0 heterocycles. The molecule has 4 heteroatoms. The van der Waals surface area contributed by atoms with Crippen LogP contribution in [-0.4, -0.2) is 30.1 Å². The summed E-state index contributed by atoms with van der Waals surface area (Å²) >= 11 is 0. The number of hydrogen-bond acceptors (Lipinski definition) is 4. The number of fused-ring (bicyclic) bond motifs is 5. The summed E-state index contributed by atoms with van der Waals surface area (Å²) in [5, 5.41) is 11.3. The molecule has 0 saturated heterocycles. The summed E-state index contributed by atoms with van der Waals surface area (Å²) in [7, 11) is 1.47. The minimum Gasteiger partial charge on any atom is -0.469 e. The number of Topliss-reactive ketones (excluding diaryl/α,β-unsaturated/α-hetero) is 1. The van der Waals surface area contributed by atoms with Crippen LogP contribution >= 0.6 is 0 Å². The first-order valence-corrected chi connectivity index (χ1v) is 12.0. The number of ether oxygens (including phenoxy) is 1. The van der Waals surface area contributed by atoms with E-state index in [1.807, 2.05) is 0 Å². The van der Waals surface area contributed by atoms with Gasteiger partial charge in [-0.1, -0.05) is 20.8 Å². The number of aliphatic hydroxyl groups is 1. The molecule has 1 N–H and O–H groups in total. The lowest BCUT2D eigenvalue weighted by atomic mass is 9.44. The molecular formula is C25H40O4. The van der Waals surface area contributed by atoms with Crippen LogP contribution in [0.3, 0.4) is 0 Å². The molecule has 0 aromatic rings. The predicted octanol–water partition coefficient (Wildman–Crippen LogP) is 4.77. The predicted molar refractivity (Wildman–Crippen MR) is 112 cm³/mol. The number of hydrogen-bond donors (Lipinski definition) is 1. The Morgan fingerprint density at radius 3 is 2.62 bits per heavy atom. The molecule has 0 spiro atoms. The maximum atomic E-state index is 12.1. The van der Waals surface area contributed by atoms with Gasteiger partial charge in [0.25, 0.3) is 0 Å². The standard InChI is InChI=1S/C25H40O4/c1-15(5-8-22(28)29-4)18-6-7-19-23-20(10-12-25(18,19)3)24(2)11-9-17(26)13-16(24)14-21(23)27/h15-16,18-21,23,27H,5-14H2,1-4H3/t15-,16-,18+,19-,20-,21-,23-,24-,25+/m0/s1. The molecule has 4 nitrogen and oxygen atoms in total. The molecule has 0 aromatic carbocycles. The summed E-state index contributed by atoms with van der Waals surface area (Å²) in [6.07, 6.45) is 9.27. The van der Waals surface area contributed by atoms with Crippen molar-refractivity contribution in [3.05, 3.63) is 0 Å². The third-order valence-corrected chi connectivity index (χ3v) is 10.3. The SMILES string of the molecule is COC(=O)CC[C@H](C)[C@H]1CC[C@H]2[C@@H]3[C@@H](O)C[C@@H]4CC(=O)CC[C@]4(C)[C@H]3CC[C@]12C. The normalized spacial score (nSPS) is 47.7. The molecule has 4 rings (SSSR count). The Kier molecular flexibility index (Phi) is 5.63. The van der Waals surface area contributed by atoms with E-state index in [-0.39, 0.29) is 22.9 Å². The second-order valence-electron chi connectivity index (χ2n) is 11.4. The number of aliphatic hydroxyl groups excluding tert-OH is 1. The van der Waals surface area contributed by atoms with Gasteiger partial charge in [0.2, 0.25) is 0 Å². The van der Waals surface area contributed by atoms with Crippen LogP contribution in [0.4, 0.5) is 0 Å². The fourth-order valence-electron chi connectivity index (χ4n) is 8.64. The fourth-order valence-corrected chi connectivity index (χ4v) is 8.64. The number of carbonyl (C=O) groups is 2. The molecule has 29 heavy (non-hydrogen) atoms. The lowest BCUT2D eigenvalue weighted by Crippen LogP contribution is -2.58. The first-order valence-electron chi connectivity index (χ1n) is 12.0. The summed E-state index contributed by atoms with van der Waals surface area (Å²) < 4.78 is 4.85. The lowest BCUT2D eigenvalue weighted by molar-refractivity contribution is -0.169. The van der Waals surface area contributed by atoms with E-state index in [9.17, 15) is 14.7 Å². The van der Waals surface area contributed by atoms with Gasteiger partial charge >= 0.3 is 5.97 Å². The van der Waals surface area contributed by atoms with Gasteiger partial charge in [-0.2, -0.15) is 0 Å². The zero-order valence-electron chi connectivity index (χ0n) is 18.8. The lowest BCUT2D eigenvalue weighted by Gasteiger charge is -2.62. The van der Waals surface area contributed by atoms with E-state index in [0.29, 0.717) is 54.1 Å². The van der Waals surface area contributed by atoms with Crippen LogP contribution in [-0.2, 0) is 14.3 Å². The van der Waals surface area contributed by atoms with E-state index >= 15 is 0 Å².